The number of nitrogens with one attached hydrogen (secondary N) is 1. The molecule has 1 amide bonds. The van der Waals surface area contributed by atoms with Gasteiger partial charge in [0, 0.05) is 24.0 Å². The second-order valence-electron chi connectivity index (χ2n) is 5.48. The number of aromatic hydroxyl groups is 2. The number of carbonyl (C=O) groups is 1. The monoisotopic (exact) mass is 335 g/mol. The van der Waals surface area contributed by atoms with E-state index in [1.54, 1.807) is 19.1 Å². The lowest BCUT2D eigenvalue weighted by Crippen LogP contribution is -2.21. The summed E-state index contributed by atoms with van der Waals surface area (Å²) >= 11 is 0. The predicted octanol–water partition coefficient (Wildman–Crippen LogP) is 3.04. The number of phenolic OH excluding ortho intramolecular Hbond substituents is 2. The molecule has 0 aliphatic carbocycles. The minimum atomic E-state index is -0.354. The maximum atomic E-state index is 12.5. The summed E-state index contributed by atoms with van der Waals surface area (Å²) in [6.45, 7) is 1.67. The van der Waals surface area contributed by atoms with Gasteiger partial charge in [-0.3, -0.25) is 4.79 Å². The molecule has 3 N–H and O–H groups in total. The molecule has 3 rings (SSSR count). The van der Waals surface area contributed by atoms with Crippen molar-refractivity contribution in [2.75, 3.05) is 0 Å². The molecule has 0 unspecified atom stereocenters. The van der Waals surface area contributed by atoms with E-state index in [4.69, 9.17) is 0 Å². The molecule has 3 aromatic rings. The van der Waals surface area contributed by atoms with E-state index < -0.39 is 0 Å². The highest BCUT2D eigenvalue weighted by Gasteiger charge is 2.11. The van der Waals surface area contributed by atoms with E-state index in [9.17, 15) is 15.0 Å². The summed E-state index contributed by atoms with van der Waals surface area (Å²) in [7, 11) is 0. The van der Waals surface area contributed by atoms with Gasteiger partial charge in [-0.2, -0.15) is 5.10 Å². The van der Waals surface area contributed by atoms with E-state index in [1.807, 2.05) is 41.2 Å². The average molecular weight is 335 g/mol. The van der Waals surface area contributed by atoms with Crippen LogP contribution in [-0.2, 0) is 0 Å². The maximum absolute atomic E-state index is 12.5. The van der Waals surface area contributed by atoms with Gasteiger partial charge in [0.25, 0.3) is 5.91 Å². The number of hydrogen-bond acceptors (Lipinski definition) is 4. The molecule has 0 saturated heterocycles. The molecule has 2 aromatic carbocycles. The topological polar surface area (TPSA) is 86.9 Å². The van der Waals surface area contributed by atoms with E-state index in [2.05, 4.69) is 10.5 Å². The molecular weight excluding hydrogens is 318 g/mol. The third kappa shape index (κ3) is 3.69. The second kappa shape index (κ2) is 6.92. The van der Waals surface area contributed by atoms with Crippen molar-refractivity contribution in [3.8, 4) is 17.2 Å². The van der Waals surface area contributed by atoms with Crippen LogP contribution in [0.5, 0.6) is 11.5 Å². The standard InChI is InChI=1S/C19H17N3O3/c1-13(14-10-15(23)12-16(24)11-14)20-21-19(25)17-6-2-3-7-18(17)22-8-4-5-9-22/h2-12,23-24H,1H3,(H,21,25)/b20-13+. The van der Waals surface area contributed by atoms with Crippen LogP contribution < -0.4 is 5.43 Å². The van der Waals surface area contributed by atoms with Gasteiger partial charge in [-0.15, -0.1) is 0 Å². The Kier molecular flexibility index (Phi) is 4.52. The molecule has 6 nitrogen and oxygen atoms in total. The van der Waals surface area contributed by atoms with E-state index in [0.29, 0.717) is 16.8 Å². The Balaban J connectivity index is 1.83. The quantitative estimate of drug-likeness (QED) is 0.506. The van der Waals surface area contributed by atoms with Crippen molar-refractivity contribution in [1.82, 2.24) is 9.99 Å². The van der Waals surface area contributed by atoms with E-state index >= 15 is 0 Å². The highest BCUT2D eigenvalue weighted by Crippen LogP contribution is 2.21. The fourth-order valence-electron chi connectivity index (χ4n) is 2.45. The first-order chi connectivity index (χ1) is 12.0. The highest BCUT2D eigenvalue weighted by molar-refractivity contribution is 6.02. The molecule has 1 heterocycles. The van der Waals surface area contributed by atoms with Crippen LogP contribution in [0.2, 0.25) is 0 Å². The van der Waals surface area contributed by atoms with Crippen molar-refractivity contribution in [3.63, 3.8) is 0 Å². The highest BCUT2D eigenvalue weighted by atomic mass is 16.3. The first-order valence-corrected chi connectivity index (χ1v) is 7.65. The Labute approximate surface area is 144 Å². The summed E-state index contributed by atoms with van der Waals surface area (Å²) in [4.78, 5) is 12.5. The Morgan fingerprint density at radius 3 is 2.32 bits per heavy atom. The van der Waals surface area contributed by atoms with Crippen molar-refractivity contribution in [2.24, 2.45) is 5.10 Å². The van der Waals surface area contributed by atoms with Gasteiger partial charge >= 0.3 is 0 Å². The van der Waals surface area contributed by atoms with Crippen molar-refractivity contribution in [2.45, 2.75) is 6.92 Å². The van der Waals surface area contributed by atoms with Crippen LogP contribution in [0.3, 0.4) is 0 Å². The molecular formula is C19H17N3O3. The van der Waals surface area contributed by atoms with E-state index in [-0.39, 0.29) is 17.4 Å². The van der Waals surface area contributed by atoms with Gasteiger partial charge in [0.15, 0.2) is 0 Å². The SMILES string of the molecule is C/C(=N\NC(=O)c1ccccc1-n1cccc1)c1cc(O)cc(O)c1. The lowest BCUT2D eigenvalue weighted by Gasteiger charge is -2.09. The van der Waals surface area contributed by atoms with Crippen molar-refractivity contribution >= 4 is 11.6 Å². The molecule has 0 saturated carbocycles. The Hall–Kier alpha value is -3.54. The zero-order chi connectivity index (χ0) is 17.8. The maximum Gasteiger partial charge on any atom is 0.273 e. The van der Waals surface area contributed by atoms with Crippen LogP contribution >= 0.6 is 0 Å². The summed E-state index contributed by atoms with van der Waals surface area (Å²) in [6.07, 6.45) is 3.71. The fraction of sp³-hybridized carbons (Fsp3) is 0.0526. The third-order valence-electron chi connectivity index (χ3n) is 3.68. The van der Waals surface area contributed by atoms with Crippen molar-refractivity contribution < 1.29 is 15.0 Å². The fourth-order valence-corrected chi connectivity index (χ4v) is 2.45. The third-order valence-corrected chi connectivity index (χ3v) is 3.68. The van der Waals surface area contributed by atoms with Crippen molar-refractivity contribution in [3.05, 3.63) is 78.1 Å². The van der Waals surface area contributed by atoms with Crippen LogP contribution in [0, 0.1) is 0 Å². The number of benzene rings is 2. The number of aromatic nitrogens is 1. The lowest BCUT2D eigenvalue weighted by molar-refractivity contribution is 0.0955. The lowest BCUT2D eigenvalue weighted by atomic mass is 10.1. The minimum Gasteiger partial charge on any atom is -0.508 e. The smallest absolute Gasteiger partial charge is 0.273 e. The van der Waals surface area contributed by atoms with Gasteiger partial charge in [0.2, 0.25) is 0 Å². The van der Waals surface area contributed by atoms with Gasteiger partial charge in [-0.1, -0.05) is 12.1 Å². The number of carbonyl (C=O) groups excluding carboxylic acids is 1. The molecule has 25 heavy (non-hydrogen) atoms. The predicted molar refractivity (Wildman–Crippen MR) is 95.2 cm³/mol. The zero-order valence-corrected chi connectivity index (χ0v) is 13.5. The largest absolute Gasteiger partial charge is 0.508 e. The van der Waals surface area contributed by atoms with Gasteiger partial charge in [-0.05, 0) is 43.3 Å². The van der Waals surface area contributed by atoms with Crippen LogP contribution in [0.25, 0.3) is 5.69 Å². The number of para-hydroxylation sites is 1. The van der Waals surface area contributed by atoms with Gasteiger partial charge in [0.1, 0.15) is 11.5 Å². The molecule has 126 valence electrons. The van der Waals surface area contributed by atoms with Gasteiger partial charge < -0.3 is 14.8 Å². The summed E-state index contributed by atoms with van der Waals surface area (Å²) in [5.74, 6) is -0.504. The zero-order valence-electron chi connectivity index (χ0n) is 13.5. The molecule has 0 radical (unpaired) electrons. The summed E-state index contributed by atoms with van der Waals surface area (Å²) in [5.41, 5.74) is 4.70. The molecule has 0 aliphatic rings. The normalized spacial score (nSPS) is 11.3. The number of hydrogen-bond donors (Lipinski definition) is 3. The average Bonchev–Trinajstić information content (AvgIpc) is 3.13. The summed E-state index contributed by atoms with van der Waals surface area (Å²) < 4.78 is 1.85. The summed E-state index contributed by atoms with van der Waals surface area (Å²) in [5, 5.41) is 23.1. The molecule has 0 fully saturated rings. The van der Waals surface area contributed by atoms with E-state index in [0.717, 1.165) is 5.69 Å². The van der Waals surface area contributed by atoms with Crippen LogP contribution in [0.15, 0.2) is 72.1 Å². The van der Waals surface area contributed by atoms with Gasteiger partial charge in [0.05, 0.1) is 17.0 Å². The number of phenols is 2. The molecule has 1 aromatic heterocycles. The number of nitrogens with zero attached hydrogens (tertiary/aromatic N) is 2. The summed E-state index contributed by atoms with van der Waals surface area (Å²) in [6, 6.07) is 15.1. The van der Waals surface area contributed by atoms with Crippen molar-refractivity contribution in [1.29, 1.82) is 0 Å². The Bertz CT molecular complexity index is 911. The Morgan fingerprint density at radius 1 is 1.00 bits per heavy atom. The van der Waals surface area contributed by atoms with Crippen LogP contribution in [0.4, 0.5) is 0 Å². The number of rotatable bonds is 4. The molecule has 6 heteroatoms. The van der Waals surface area contributed by atoms with E-state index in [1.165, 1.54) is 18.2 Å². The van der Waals surface area contributed by atoms with Crippen LogP contribution in [-0.4, -0.2) is 26.4 Å². The molecule has 0 aliphatic heterocycles. The first-order valence-electron chi connectivity index (χ1n) is 7.65. The minimum absolute atomic E-state index is 0.0752. The van der Waals surface area contributed by atoms with Crippen LogP contribution in [0.1, 0.15) is 22.8 Å². The number of hydrazone groups is 1. The first kappa shape index (κ1) is 16.3. The molecule has 0 atom stereocenters. The second-order valence-corrected chi connectivity index (χ2v) is 5.48. The molecule has 0 bridgehead atoms. The number of amides is 1. The molecule has 0 spiro atoms. The van der Waals surface area contributed by atoms with Gasteiger partial charge in [-0.25, -0.2) is 5.43 Å². The Morgan fingerprint density at radius 2 is 1.64 bits per heavy atom.